The summed E-state index contributed by atoms with van der Waals surface area (Å²) >= 11 is 3.73. The fourth-order valence-corrected chi connectivity index (χ4v) is 3.72. The Morgan fingerprint density at radius 1 is 1.15 bits per heavy atom. The van der Waals surface area contributed by atoms with Crippen LogP contribution in [0.3, 0.4) is 0 Å². The van der Waals surface area contributed by atoms with E-state index in [0.29, 0.717) is 5.92 Å². The fraction of sp³-hybridized carbons (Fsp3) is 0.647. The molecule has 0 amide bonds. The van der Waals surface area contributed by atoms with Crippen LogP contribution in [0.1, 0.15) is 43.6 Å². The lowest BCUT2D eigenvalue weighted by Crippen LogP contribution is -2.27. The standard InChI is InChI=1S/C17H24BrNO/c18-17-4-2-1-3-16(17)14(12-19-15-5-6-15)11-13-7-9-20-10-8-13/h1-4,13-15,19H,5-12H2. The Labute approximate surface area is 130 Å². The van der Waals surface area contributed by atoms with Crippen LogP contribution in [0.5, 0.6) is 0 Å². The molecule has 2 nitrogen and oxygen atoms in total. The maximum Gasteiger partial charge on any atom is 0.0468 e. The molecule has 1 N–H and O–H groups in total. The van der Waals surface area contributed by atoms with E-state index in [1.54, 1.807) is 0 Å². The van der Waals surface area contributed by atoms with Crippen molar-refractivity contribution in [3.8, 4) is 0 Å². The minimum atomic E-state index is 0.620. The van der Waals surface area contributed by atoms with Gasteiger partial charge in [0.2, 0.25) is 0 Å². The minimum Gasteiger partial charge on any atom is -0.381 e. The molecule has 0 bridgehead atoms. The van der Waals surface area contributed by atoms with Crippen molar-refractivity contribution in [2.75, 3.05) is 19.8 Å². The van der Waals surface area contributed by atoms with E-state index < -0.39 is 0 Å². The van der Waals surface area contributed by atoms with Crippen LogP contribution in [-0.2, 0) is 4.74 Å². The number of ether oxygens (including phenoxy) is 1. The van der Waals surface area contributed by atoms with E-state index in [4.69, 9.17) is 4.74 Å². The molecule has 1 aliphatic heterocycles. The quantitative estimate of drug-likeness (QED) is 0.843. The van der Waals surface area contributed by atoms with E-state index in [-0.39, 0.29) is 0 Å². The average Bonchev–Trinajstić information content (AvgIpc) is 3.29. The summed E-state index contributed by atoms with van der Waals surface area (Å²) in [6.07, 6.45) is 6.46. The van der Waals surface area contributed by atoms with Crippen molar-refractivity contribution in [2.45, 2.75) is 44.1 Å². The molecule has 0 radical (unpaired) electrons. The average molecular weight is 338 g/mol. The molecule has 1 aromatic rings. The maximum atomic E-state index is 5.49. The van der Waals surface area contributed by atoms with Gasteiger partial charge < -0.3 is 10.1 Å². The van der Waals surface area contributed by atoms with Gasteiger partial charge in [0.1, 0.15) is 0 Å². The predicted octanol–water partition coefficient (Wildman–Crippen LogP) is 4.10. The Balaban J connectivity index is 1.66. The smallest absolute Gasteiger partial charge is 0.0468 e. The third-order valence-electron chi connectivity index (χ3n) is 4.53. The van der Waals surface area contributed by atoms with Crippen molar-refractivity contribution in [1.29, 1.82) is 0 Å². The first-order valence-corrected chi connectivity index (χ1v) is 8.68. The number of nitrogens with one attached hydrogen (secondary N) is 1. The van der Waals surface area contributed by atoms with Crippen LogP contribution in [0, 0.1) is 5.92 Å². The topological polar surface area (TPSA) is 21.3 Å². The van der Waals surface area contributed by atoms with Gasteiger partial charge >= 0.3 is 0 Å². The Bertz CT molecular complexity index is 427. The number of halogens is 1. The maximum absolute atomic E-state index is 5.49. The van der Waals surface area contributed by atoms with Crippen molar-refractivity contribution < 1.29 is 4.74 Å². The molecule has 20 heavy (non-hydrogen) atoms. The minimum absolute atomic E-state index is 0.620. The second-order valence-corrected chi connectivity index (χ2v) is 7.05. The van der Waals surface area contributed by atoms with Crippen LogP contribution < -0.4 is 5.32 Å². The third kappa shape index (κ3) is 4.06. The SMILES string of the molecule is Brc1ccccc1C(CNC1CC1)CC1CCOCC1. The van der Waals surface area contributed by atoms with Crippen molar-refractivity contribution in [3.63, 3.8) is 0 Å². The summed E-state index contributed by atoms with van der Waals surface area (Å²) in [5.74, 6) is 1.44. The van der Waals surface area contributed by atoms with Gasteiger partial charge in [-0.1, -0.05) is 34.1 Å². The normalized spacial score (nSPS) is 21.9. The molecule has 110 valence electrons. The zero-order valence-electron chi connectivity index (χ0n) is 12.0. The molecule has 0 spiro atoms. The summed E-state index contributed by atoms with van der Waals surface area (Å²) in [6, 6.07) is 9.50. The highest BCUT2D eigenvalue weighted by Gasteiger charge is 2.25. The lowest BCUT2D eigenvalue weighted by molar-refractivity contribution is 0.0616. The highest BCUT2D eigenvalue weighted by atomic mass is 79.9. The molecular weight excluding hydrogens is 314 g/mol. The van der Waals surface area contributed by atoms with Crippen LogP contribution in [0.2, 0.25) is 0 Å². The van der Waals surface area contributed by atoms with Crippen LogP contribution in [-0.4, -0.2) is 25.8 Å². The molecule has 1 saturated carbocycles. The second kappa shape index (κ2) is 7.06. The van der Waals surface area contributed by atoms with Gasteiger partial charge in [-0.3, -0.25) is 0 Å². The lowest BCUT2D eigenvalue weighted by Gasteiger charge is -2.28. The molecule has 1 saturated heterocycles. The van der Waals surface area contributed by atoms with Gasteiger partial charge in [0.15, 0.2) is 0 Å². The summed E-state index contributed by atoms with van der Waals surface area (Å²) in [5.41, 5.74) is 1.46. The summed E-state index contributed by atoms with van der Waals surface area (Å²) < 4.78 is 6.75. The summed E-state index contributed by atoms with van der Waals surface area (Å²) in [7, 11) is 0. The molecule has 2 aliphatic rings. The molecule has 1 atom stereocenters. The zero-order valence-corrected chi connectivity index (χ0v) is 13.6. The van der Waals surface area contributed by atoms with E-state index in [9.17, 15) is 0 Å². The van der Waals surface area contributed by atoms with E-state index >= 15 is 0 Å². The van der Waals surface area contributed by atoms with Crippen LogP contribution >= 0.6 is 15.9 Å². The van der Waals surface area contributed by atoms with Gasteiger partial charge in [-0.2, -0.15) is 0 Å². The van der Waals surface area contributed by atoms with Gasteiger partial charge in [0.05, 0.1) is 0 Å². The summed E-state index contributed by atoms with van der Waals surface area (Å²) in [6.45, 7) is 3.01. The molecule has 1 aliphatic carbocycles. The highest BCUT2D eigenvalue weighted by Crippen LogP contribution is 2.33. The van der Waals surface area contributed by atoms with Gasteiger partial charge in [-0.15, -0.1) is 0 Å². The van der Waals surface area contributed by atoms with Gasteiger partial charge in [0, 0.05) is 30.3 Å². The Hall–Kier alpha value is -0.380. The van der Waals surface area contributed by atoms with Crippen molar-refractivity contribution in [2.24, 2.45) is 5.92 Å². The van der Waals surface area contributed by atoms with Crippen molar-refractivity contribution >= 4 is 15.9 Å². The summed E-state index contributed by atoms with van der Waals surface area (Å²) in [4.78, 5) is 0. The monoisotopic (exact) mass is 337 g/mol. The molecule has 1 heterocycles. The highest BCUT2D eigenvalue weighted by molar-refractivity contribution is 9.10. The van der Waals surface area contributed by atoms with Crippen LogP contribution in [0.25, 0.3) is 0 Å². The Morgan fingerprint density at radius 3 is 2.60 bits per heavy atom. The number of hydrogen-bond donors (Lipinski definition) is 1. The van der Waals surface area contributed by atoms with E-state index in [2.05, 4.69) is 45.5 Å². The first kappa shape index (κ1) is 14.6. The molecule has 1 unspecified atom stereocenters. The fourth-order valence-electron chi connectivity index (χ4n) is 3.11. The lowest BCUT2D eigenvalue weighted by atomic mass is 9.85. The molecule has 3 rings (SSSR count). The molecule has 0 aromatic heterocycles. The van der Waals surface area contributed by atoms with Gasteiger partial charge in [-0.05, 0) is 55.6 Å². The molecule has 2 fully saturated rings. The van der Waals surface area contributed by atoms with E-state index in [1.807, 2.05) is 0 Å². The predicted molar refractivity (Wildman–Crippen MR) is 86.1 cm³/mol. The number of rotatable bonds is 6. The van der Waals surface area contributed by atoms with Gasteiger partial charge in [-0.25, -0.2) is 0 Å². The second-order valence-electron chi connectivity index (χ2n) is 6.19. The Morgan fingerprint density at radius 2 is 1.90 bits per heavy atom. The molecule has 3 heteroatoms. The van der Waals surface area contributed by atoms with E-state index in [1.165, 1.54) is 42.1 Å². The first-order valence-electron chi connectivity index (χ1n) is 7.88. The van der Waals surface area contributed by atoms with Crippen LogP contribution in [0.15, 0.2) is 28.7 Å². The third-order valence-corrected chi connectivity index (χ3v) is 5.26. The van der Waals surface area contributed by atoms with Crippen molar-refractivity contribution in [1.82, 2.24) is 5.32 Å². The molecule has 1 aromatic carbocycles. The van der Waals surface area contributed by atoms with E-state index in [0.717, 1.165) is 31.7 Å². The van der Waals surface area contributed by atoms with Gasteiger partial charge in [0.25, 0.3) is 0 Å². The van der Waals surface area contributed by atoms with Crippen molar-refractivity contribution in [3.05, 3.63) is 34.3 Å². The first-order chi connectivity index (χ1) is 9.83. The molecular formula is C17H24BrNO. The zero-order chi connectivity index (χ0) is 13.8. The largest absolute Gasteiger partial charge is 0.381 e. The summed E-state index contributed by atoms with van der Waals surface area (Å²) in [5, 5.41) is 3.72. The van der Waals surface area contributed by atoms with Crippen LogP contribution in [0.4, 0.5) is 0 Å². The number of benzene rings is 1. The Kier molecular flexibility index (Phi) is 5.14. The number of hydrogen-bond acceptors (Lipinski definition) is 2.